The first kappa shape index (κ1) is 14.2. The third-order valence-electron chi connectivity index (χ3n) is 2.66. The smallest absolute Gasteiger partial charge is 0.257 e. The lowest BCUT2D eigenvalue weighted by Crippen LogP contribution is -2.12. The minimum absolute atomic E-state index is 0.171. The van der Waals surface area contributed by atoms with Crippen LogP contribution in [0.3, 0.4) is 0 Å². The van der Waals surface area contributed by atoms with E-state index >= 15 is 0 Å². The number of benzene rings is 1. The molecule has 0 atom stereocenters. The van der Waals surface area contributed by atoms with Crippen molar-refractivity contribution in [2.75, 3.05) is 5.32 Å². The van der Waals surface area contributed by atoms with Crippen molar-refractivity contribution in [2.45, 2.75) is 13.8 Å². The van der Waals surface area contributed by atoms with E-state index in [2.05, 4.69) is 42.2 Å². The first-order chi connectivity index (χ1) is 8.97. The molecule has 1 amide bonds. The Bertz CT molecular complexity index is 618. The second kappa shape index (κ2) is 5.84. The molecule has 2 aromatic rings. The molecule has 0 spiro atoms. The van der Waals surface area contributed by atoms with Gasteiger partial charge in [0.2, 0.25) is 0 Å². The Kier molecular flexibility index (Phi) is 4.37. The molecule has 3 nitrogen and oxygen atoms in total. The van der Waals surface area contributed by atoms with Gasteiger partial charge >= 0.3 is 0 Å². The highest BCUT2D eigenvalue weighted by Crippen LogP contribution is 2.25. The van der Waals surface area contributed by atoms with E-state index < -0.39 is 0 Å². The molecule has 0 bridgehead atoms. The Morgan fingerprint density at radius 2 is 1.74 bits per heavy atom. The van der Waals surface area contributed by atoms with Gasteiger partial charge in [0.15, 0.2) is 0 Å². The maximum Gasteiger partial charge on any atom is 0.257 e. The number of hydrogen-bond donors (Lipinski definition) is 1. The van der Waals surface area contributed by atoms with E-state index in [-0.39, 0.29) is 5.91 Å². The average molecular weight is 384 g/mol. The topological polar surface area (TPSA) is 42.0 Å². The maximum absolute atomic E-state index is 12.1. The second-order valence-corrected chi connectivity index (χ2v) is 5.98. The Morgan fingerprint density at radius 1 is 1.11 bits per heavy atom. The van der Waals surface area contributed by atoms with Crippen molar-refractivity contribution >= 4 is 43.5 Å². The molecule has 0 aliphatic heterocycles. The van der Waals surface area contributed by atoms with Crippen LogP contribution in [0, 0.1) is 13.8 Å². The number of halogens is 2. The van der Waals surface area contributed by atoms with Crippen LogP contribution < -0.4 is 5.32 Å². The zero-order valence-corrected chi connectivity index (χ0v) is 13.7. The van der Waals surface area contributed by atoms with Crippen LogP contribution in [0.15, 0.2) is 39.5 Å². The summed E-state index contributed by atoms with van der Waals surface area (Å²) >= 11 is 6.80. The second-order valence-electron chi connectivity index (χ2n) is 4.27. The van der Waals surface area contributed by atoms with Gasteiger partial charge in [-0.2, -0.15) is 0 Å². The van der Waals surface area contributed by atoms with E-state index in [1.807, 2.05) is 26.0 Å². The fourth-order valence-corrected chi connectivity index (χ4v) is 2.35. The van der Waals surface area contributed by atoms with Crippen molar-refractivity contribution < 1.29 is 4.79 Å². The van der Waals surface area contributed by atoms with Gasteiger partial charge in [-0.25, -0.2) is 0 Å². The number of nitrogens with one attached hydrogen (secondary N) is 1. The molecule has 0 unspecified atom stereocenters. The number of hydrogen-bond acceptors (Lipinski definition) is 2. The van der Waals surface area contributed by atoms with Gasteiger partial charge in [0.25, 0.3) is 5.91 Å². The Balaban J connectivity index is 2.24. The van der Waals surface area contributed by atoms with Crippen LogP contribution in [0.25, 0.3) is 0 Å². The molecule has 0 saturated heterocycles. The monoisotopic (exact) mass is 382 g/mol. The minimum Gasteiger partial charge on any atom is -0.322 e. The Hall–Kier alpha value is -1.20. The molecule has 19 heavy (non-hydrogen) atoms. The summed E-state index contributed by atoms with van der Waals surface area (Å²) in [4.78, 5) is 16.1. The summed E-state index contributed by atoms with van der Waals surface area (Å²) in [5.41, 5.74) is 3.47. The number of pyridine rings is 1. The number of aromatic nitrogens is 1. The van der Waals surface area contributed by atoms with E-state index in [4.69, 9.17) is 0 Å². The number of amides is 1. The summed E-state index contributed by atoms with van der Waals surface area (Å²) in [6, 6.07) is 5.60. The summed E-state index contributed by atoms with van der Waals surface area (Å²) in [7, 11) is 0. The standard InChI is InChI=1S/C14H12Br2N2O/c1-8-3-12(4-9(2)13(8)16)18-14(19)10-5-11(15)7-17-6-10/h3-7H,1-2H3,(H,18,19). The molecular weight excluding hydrogens is 372 g/mol. The summed E-state index contributed by atoms with van der Waals surface area (Å²) in [5, 5.41) is 2.87. The van der Waals surface area contributed by atoms with Crippen molar-refractivity contribution in [3.05, 3.63) is 56.2 Å². The van der Waals surface area contributed by atoms with Gasteiger partial charge in [-0.15, -0.1) is 0 Å². The number of rotatable bonds is 2. The molecule has 0 radical (unpaired) electrons. The number of carbonyl (C=O) groups is 1. The predicted molar refractivity (Wildman–Crippen MR) is 83.5 cm³/mol. The molecule has 2 rings (SSSR count). The van der Waals surface area contributed by atoms with Crippen LogP contribution >= 0.6 is 31.9 Å². The van der Waals surface area contributed by atoms with Crippen LogP contribution in [0.1, 0.15) is 21.5 Å². The Labute approximate surface area is 128 Å². The number of carbonyl (C=O) groups excluding carboxylic acids is 1. The quantitative estimate of drug-likeness (QED) is 0.830. The van der Waals surface area contributed by atoms with Gasteiger partial charge in [0, 0.05) is 27.0 Å². The van der Waals surface area contributed by atoms with Crippen molar-refractivity contribution in [1.82, 2.24) is 4.98 Å². The molecule has 0 saturated carbocycles. The number of nitrogens with zero attached hydrogens (tertiary/aromatic N) is 1. The molecule has 0 fully saturated rings. The molecule has 1 N–H and O–H groups in total. The van der Waals surface area contributed by atoms with Gasteiger partial charge < -0.3 is 5.32 Å². The fourth-order valence-electron chi connectivity index (χ4n) is 1.76. The van der Waals surface area contributed by atoms with Crippen molar-refractivity contribution in [3.63, 3.8) is 0 Å². The van der Waals surface area contributed by atoms with Crippen LogP contribution in [-0.4, -0.2) is 10.9 Å². The molecule has 1 heterocycles. The highest BCUT2D eigenvalue weighted by molar-refractivity contribution is 9.10. The van der Waals surface area contributed by atoms with Gasteiger partial charge in [0.05, 0.1) is 5.56 Å². The summed E-state index contributed by atoms with van der Waals surface area (Å²) in [6.07, 6.45) is 3.18. The summed E-state index contributed by atoms with van der Waals surface area (Å²) in [6.45, 7) is 3.99. The van der Waals surface area contributed by atoms with Crippen LogP contribution in [0.2, 0.25) is 0 Å². The average Bonchev–Trinajstić information content (AvgIpc) is 2.36. The van der Waals surface area contributed by atoms with Crippen molar-refractivity contribution in [1.29, 1.82) is 0 Å². The van der Waals surface area contributed by atoms with Crippen LogP contribution in [0.5, 0.6) is 0 Å². The largest absolute Gasteiger partial charge is 0.322 e. The molecule has 1 aromatic heterocycles. The van der Waals surface area contributed by atoms with E-state index in [1.54, 1.807) is 18.5 Å². The zero-order chi connectivity index (χ0) is 14.0. The molecule has 5 heteroatoms. The van der Waals surface area contributed by atoms with E-state index in [1.165, 1.54) is 0 Å². The fraction of sp³-hybridized carbons (Fsp3) is 0.143. The van der Waals surface area contributed by atoms with Gasteiger partial charge in [-0.1, -0.05) is 15.9 Å². The summed E-state index contributed by atoms with van der Waals surface area (Å²) in [5.74, 6) is -0.171. The SMILES string of the molecule is Cc1cc(NC(=O)c2cncc(Br)c2)cc(C)c1Br. The predicted octanol–water partition coefficient (Wildman–Crippen LogP) is 4.48. The van der Waals surface area contributed by atoms with Gasteiger partial charge in [-0.05, 0) is 59.1 Å². The van der Waals surface area contributed by atoms with Gasteiger partial charge in [0.1, 0.15) is 0 Å². The summed E-state index contributed by atoms with van der Waals surface area (Å²) < 4.78 is 1.85. The molecule has 0 aliphatic carbocycles. The molecule has 0 aliphatic rings. The highest BCUT2D eigenvalue weighted by atomic mass is 79.9. The molecule has 1 aromatic carbocycles. The van der Waals surface area contributed by atoms with E-state index in [0.717, 1.165) is 25.8 Å². The van der Waals surface area contributed by atoms with Crippen molar-refractivity contribution in [3.8, 4) is 0 Å². The zero-order valence-electron chi connectivity index (χ0n) is 10.5. The molecular formula is C14H12Br2N2O. The minimum atomic E-state index is -0.171. The number of aryl methyl sites for hydroxylation is 2. The first-order valence-electron chi connectivity index (χ1n) is 5.66. The van der Waals surface area contributed by atoms with E-state index in [9.17, 15) is 4.79 Å². The lowest BCUT2D eigenvalue weighted by molar-refractivity contribution is 0.102. The molecule has 98 valence electrons. The maximum atomic E-state index is 12.1. The van der Waals surface area contributed by atoms with E-state index in [0.29, 0.717) is 5.56 Å². The van der Waals surface area contributed by atoms with Crippen molar-refractivity contribution in [2.24, 2.45) is 0 Å². The third kappa shape index (κ3) is 3.42. The van der Waals surface area contributed by atoms with Gasteiger partial charge in [-0.3, -0.25) is 9.78 Å². The Morgan fingerprint density at radius 3 is 2.32 bits per heavy atom. The number of anilines is 1. The van der Waals surface area contributed by atoms with Crippen LogP contribution in [-0.2, 0) is 0 Å². The normalized spacial score (nSPS) is 10.3. The first-order valence-corrected chi connectivity index (χ1v) is 7.24. The lowest BCUT2D eigenvalue weighted by atomic mass is 10.1. The van der Waals surface area contributed by atoms with Crippen LogP contribution in [0.4, 0.5) is 5.69 Å². The highest BCUT2D eigenvalue weighted by Gasteiger charge is 2.09. The lowest BCUT2D eigenvalue weighted by Gasteiger charge is -2.09. The third-order valence-corrected chi connectivity index (χ3v) is 4.35.